The van der Waals surface area contributed by atoms with E-state index in [2.05, 4.69) is 13.6 Å². The van der Waals surface area contributed by atoms with Crippen molar-refractivity contribution < 1.29 is 0 Å². The van der Waals surface area contributed by atoms with Crippen LogP contribution >= 0.6 is 16.5 Å². The summed E-state index contributed by atoms with van der Waals surface area (Å²) in [5, 5.41) is 0. The van der Waals surface area contributed by atoms with Gasteiger partial charge < -0.3 is 0 Å². The molecule has 0 aromatic carbocycles. The molecule has 0 nitrogen and oxygen atoms in total. The summed E-state index contributed by atoms with van der Waals surface area (Å²) in [5.41, 5.74) is 0. The molecule has 0 aliphatic heterocycles. The van der Waals surface area contributed by atoms with E-state index >= 15 is 0 Å². The highest BCUT2D eigenvalue weighted by Gasteiger charge is 1.91. The molecule has 0 fully saturated rings. The van der Waals surface area contributed by atoms with Crippen LogP contribution in [0.25, 0.3) is 0 Å². The highest BCUT2D eigenvalue weighted by atomic mass is 32.0. The zero-order chi connectivity index (χ0) is 9.78. The maximum Gasteiger partial charge on any atom is -0.0242 e. The van der Waals surface area contributed by atoms with E-state index in [1.807, 2.05) is 0 Å². The summed E-state index contributed by atoms with van der Waals surface area (Å²) >= 11 is 0. The normalized spacial score (nSPS) is 12.5. The van der Waals surface area contributed by atoms with Gasteiger partial charge in [-0.3, -0.25) is 0 Å². The van der Waals surface area contributed by atoms with Crippen molar-refractivity contribution >= 4 is 16.5 Å². The van der Waals surface area contributed by atoms with Crippen LogP contribution in [-0.4, -0.2) is 12.8 Å². The van der Waals surface area contributed by atoms with Crippen LogP contribution in [0.15, 0.2) is 0 Å². The molecule has 13 heavy (non-hydrogen) atoms. The Balaban J connectivity index is 2.76. The van der Waals surface area contributed by atoms with E-state index in [1.165, 1.54) is 57.5 Å². The first-order valence-electron chi connectivity index (χ1n) is 5.67. The second-order valence-corrected chi connectivity index (χ2v) is 6.72. The Morgan fingerprint density at radius 3 is 1.85 bits per heavy atom. The Morgan fingerprint density at radius 2 is 1.31 bits per heavy atom. The van der Waals surface area contributed by atoms with Crippen LogP contribution in [0.4, 0.5) is 0 Å². The molecule has 0 heterocycles. The number of hydrogen-bond donors (Lipinski definition) is 0. The molecule has 0 aromatic heterocycles. The van der Waals surface area contributed by atoms with Gasteiger partial charge in [-0.25, -0.2) is 0 Å². The predicted molar refractivity (Wildman–Crippen MR) is 67.2 cm³/mol. The fourth-order valence-electron chi connectivity index (χ4n) is 1.42. The SMILES string of the molecule is CCCCCCCCCC[P][P]C. The van der Waals surface area contributed by atoms with Gasteiger partial charge in [0.1, 0.15) is 0 Å². The molecule has 0 spiro atoms. The first kappa shape index (κ1) is 13.9. The Labute approximate surface area is 88.1 Å². The summed E-state index contributed by atoms with van der Waals surface area (Å²) in [6, 6.07) is 0. The zero-order valence-electron chi connectivity index (χ0n) is 9.26. The van der Waals surface area contributed by atoms with Crippen molar-refractivity contribution in [1.82, 2.24) is 0 Å². The molecule has 0 aliphatic carbocycles. The Bertz CT molecular complexity index is 74.2. The monoisotopic (exact) mass is 218 g/mol. The lowest BCUT2D eigenvalue weighted by atomic mass is 10.1. The average molecular weight is 218 g/mol. The fraction of sp³-hybridized carbons (Fsp3) is 1.00. The molecule has 2 radical (unpaired) electrons. The van der Waals surface area contributed by atoms with Gasteiger partial charge in [0.2, 0.25) is 0 Å². The van der Waals surface area contributed by atoms with E-state index in [1.54, 1.807) is 16.5 Å². The Morgan fingerprint density at radius 1 is 0.769 bits per heavy atom. The number of hydrogen-bond acceptors (Lipinski definition) is 0. The third kappa shape index (κ3) is 12.9. The van der Waals surface area contributed by atoms with Crippen molar-refractivity contribution in [3.63, 3.8) is 0 Å². The van der Waals surface area contributed by atoms with E-state index in [-0.39, 0.29) is 0 Å². The summed E-state index contributed by atoms with van der Waals surface area (Å²) in [6.07, 6.45) is 13.0. The molecule has 0 aliphatic rings. The fourth-order valence-corrected chi connectivity index (χ4v) is 3.01. The van der Waals surface area contributed by atoms with Crippen molar-refractivity contribution in [3.05, 3.63) is 0 Å². The minimum absolute atomic E-state index is 1.37. The lowest BCUT2D eigenvalue weighted by Gasteiger charge is -2.00. The van der Waals surface area contributed by atoms with Crippen LogP contribution in [0.3, 0.4) is 0 Å². The topological polar surface area (TPSA) is 0 Å². The number of rotatable bonds is 10. The van der Waals surface area contributed by atoms with Crippen molar-refractivity contribution in [2.75, 3.05) is 12.8 Å². The summed E-state index contributed by atoms with van der Waals surface area (Å²) in [5.74, 6) is 0. The first-order chi connectivity index (χ1) is 6.41. The van der Waals surface area contributed by atoms with E-state index in [9.17, 15) is 0 Å². The molecule has 0 atom stereocenters. The van der Waals surface area contributed by atoms with Crippen LogP contribution in [0, 0.1) is 0 Å². The molecule has 0 unspecified atom stereocenters. The minimum Gasteiger partial charge on any atom is -0.0654 e. The maximum absolute atomic E-state index is 2.28. The lowest BCUT2D eigenvalue weighted by molar-refractivity contribution is 0.586. The van der Waals surface area contributed by atoms with Crippen LogP contribution in [0.1, 0.15) is 58.3 Å². The maximum atomic E-state index is 2.28. The Hall–Kier alpha value is 0.860. The van der Waals surface area contributed by atoms with Gasteiger partial charge in [0.25, 0.3) is 0 Å². The summed E-state index contributed by atoms with van der Waals surface area (Å²) in [4.78, 5) is 0. The third-order valence-electron chi connectivity index (χ3n) is 2.25. The van der Waals surface area contributed by atoms with E-state index in [0.717, 1.165) is 0 Å². The van der Waals surface area contributed by atoms with E-state index in [4.69, 9.17) is 0 Å². The van der Waals surface area contributed by atoms with Gasteiger partial charge in [-0.15, -0.1) is 0 Å². The molecule has 0 bridgehead atoms. The van der Waals surface area contributed by atoms with E-state index < -0.39 is 0 Å². The van der Waals surface area contributed by atoms with Gasteiger partial charge in [-0.1, -0.05) is 51.9 Å². The first-order valence-corrected chi connectivity index (χ1v) is 8.80. The van der Waals surface area contributed by atoms with Gasteiger partial charge >= 0.3 is 0 Å². The van der Waals surface area contributed by atoms with Crippen LogP contribution in [0.2, 0.25) is 0 Å². The van der Waals surface area contributed by atoms with Gasteiger partial charge in [-0.2, -0.15) is 0 Å². The molecule has 0 rings (SSSR count). The third-order valence-corrected chi connectivity index (χ3v) is 4.50. The lowest BCUT2D eigenvalue weighted by Crippen LogP contribution is -1.81. The number of unbranched alkanes of at least 4 members (excludes halogenated alkanes) is 7. The highest BCUT2D eigenvalue weighted by molar-refractivity contribution is 8.11. The highest BCUT2D eigenvalue weighted by Crippen LogP contribution is 2.33. The molecule has 0 N–H and O–H groups in total. The van der Waals surface area contributed by atoms with Crippen molar-refractivity contribution in [1.29, 1.82) is 0 Å². The molecule has 0 amide bonds. The quantitative estimate of drug-likeness (QED) is 0.332. The standard InChI is InChI=1S/C11H24P2/c1-3-4-5-6-7-8-9-10-11-13-12-2/h3-11H2,1-2H3. The molecule has 0 saturated carbocycles. The molecule has 0 saturated heterocycles. The average Bonchev–Trinajstić information content (AvgIpc) is 2.16. The summed E-state index contributed by atoms with van der Waals surface area (Å²) < 4.78 is 0. The van der Waals surface area contributed by atoms with Crippen molar-refractivity contribution in [3.8, 4) is 0 Å². The van der Waals surface area contributed by atoms with Gasteiger partial charge in [0.15, 0.2) is 0 Å². The summed E-state index contributed by atoms with van der Waals surface area (Å²) in [6.45, 7) is 4.52. The molecule has 2 heteroatoms. The second-order valence-electron chi connectivity index (χ2n) is 3.54. The second kappa shape index (κ2) is 12.9. The molecule has 0 aromatic rings. The minimum atomic E-state index is 1.37. The van der Waals surface area contributed by atoms with Crippen LogP contribution in [-0.2, 0) is 0 Å². The Kier molecular flexibility index (Phi) is 13.7. The molecular formula is C11H24P2. The predicted octanol–water partition coefficient (Wildman–Crippen LogP) is 5.56. The van der Waals surface area contributed by atoms with Crippen molar-refractivity contribution in [2.24, 2.45) is 0 Å². The zero-order valence-corrected chi connectivity index (χ0v) is 11.0. The van der Waals surface area contributed by atoms with Crippen LogP contribution < -0.4 is 0 Å². The smallest absolute Gasteiger partial charge is 0.0242 e. The molecular weight excluding hydrogens is 194 g/mol. The summed E-state index contributed by atoms with van der Waals surface area (Å²) in [7, 11) is 3.17. The molecule has 78 valence electrons. The van der Waals surface area contributed by atoms with Gasteiger partial charge in [-0.05, 0) is 35.8 Å². The van der Waals surface area contributed by atoms with E-state index in [0.29, 0.717) is 0 Å². The van der Waals surface area contributed by atoms with Gasteiger partial charge in [0, 0.05) is 0 Å². The van der Waals surface area contributed by atoms with Crippen LogP contribution in [0.5, 0.6) is 0 Å². The largest absolute Gasteiger partial charge is 0.0654 e. The van der Waals surface area contributed by atoms with Crippen molar-refractivity contribution in [2.45, 2.75) is 58.3 Å². The van der Waals surface area contributed by atoms with Gasteiger partial charge in [0.05, 0.1) is 0 Å².